The Hall–Kier alpha value is 0.849. The van der Waals surface area contributed by atoms with Crippen LogP contribution in [0.15, 0.2) is 0 Å². The quantitative estimate of drug-likeness (QED) is 0.293. The van der Waals surface area contributed by atoms with Gasteiger partial charge in [-0.3, -0.25) is 0 Å². The van der Waals surface area contributed by atoms with E-state index in [-0.39, 0.29) is 10.0 Å². The van der Waals surface area contributed by atoms with Crippen molar-refractivity contribution in [1.82, 2.24) is 0 Å². The highest BCUT2D eigenvalue weighted by Gasteiger charge is 2.50. The van der Waals surface area contributed by atoms with E-state index in [1.165, 1.54) is 0 Å². The Morgan fingerprint density at radius 1 is 0.714 bits per heavy atom. The summed E-state index contributed by atoms with van der Waals surface area (Å²) in [7, 11) is -25.0. The van der Waals surface area contributed by atoms with Gasteiger partial charge >= 0.3 is 58.6 Å². The summed E-state index contributed by atoms with van der Waals surface area (Å²) in [6, 6.07) is 0. The lowest BCUT2D eigenvalue weighted by Crippen LogP contribution is -2.56. The van der Waals surface area contributed by atoms with Crippen molar-refractivity contribution in [3.05, 3.63) is 0 Å². The van der Waals surface area contributed by atoms with Gasteiger partial charge < -0.3 is 38.8 Å². The normalized spacial score (nSPS) is 13.6. The molecule has 2 radical (unpaired) electrons. The van der Waals surface area contributed by atoms with Crippen LogP contribution in [-0.4, -0.2) is 83.1 Å². The number of rotatable bonds is 13. The molecule has 0 aromatic heterocycles. The van der Waals surface area contributed by atoms with Crippen LogP contribution < -0.4 is 0 Å². The van der Waals surface area contributed by atoms with Crippen LogP contribution in [0.4, 0.5) is 0 Å². The zero-order valence-corrected chi connectivity index (χ0v) is 27.9. The van der Waals surface area contributed by atoms with Crippen LogP contribution in [0.3, 0.4) is 0 Å². The van der Waals surface area contributed by atoms with Gasteiger partial charge in [0.15, 0.2) is 16.6 Å². The van der Waals surface area contributed by atoms with Crippen LogP contribution in [0, 0.1) is 0 Å². The zero-order valence-electron chi connectivity index (χ0n) is 17.8. The maximum absolute atomic E-state index is 12.7. The van der Waals surface area contributed by atoms with E-state index in [2.05, 4.69) is 0 Å². The van der Waals surface area contributed by atoms with Crippen molar-refractivity contribution in [2.45, 2.75) is 58.9 Å². The van der Waals surface area contributed by atoms with Crippen LogP contribution in [-0.2, 0) is 38.8 Å². The second-order valence-electron chi connectivity index (χ2n) is 8.43. The van der Waals surface area contributed by atoms with Crippen LogP contribution in [0.2, 0.25) is 58.9 Å². The average Bonchev–Trinajstić information content (AvgIpc) is 2.48. The van der Waals surface area contributed by atoms with Gasteiger partial charge in [0.1, 0.15) is 0 Å². The minimum Gasteiger partial charge on any atom is -0.560 e. The first-order valence-corrected chi connectivity index (χ1v) is 33.1. The number of hydrogen-bond acceptors (Lipinski definition) is 9. The summed E-state index contributed by atoms with van der Waals surface area (Å²) in [6.45, 7) is 16.6. The zero-order chi connectivity index (χ0) is 22.5. The molecule has 0 amide bonds. The molecule has 0 bridgehead atoms. The van der Waals surface area contributed by atoms with E-state index in [4.69, 9.17) is 16.5 Å². The Morgan fingerprint density at radius 3 is 1.64 bits per heavy atom. The molecule has 0 N–H and O–H groups in total. The van der Waals surface area contributed by atoms with E-state index in [9.17, 15) is 22.3 Å². The summed E-state index contributed by atoms with van der Waals surface area (Å²) < 4.78 is 84.3. The highest BCUT2D eigenvalue weighted by Crippen LogP contribution is 2.08. The minimum atomic E-state index is -3.28. The molecule has 19 heteroatoms. The maximum atomic E-state index is 12.7. The maximum Gasteiger partial charge on any atom is 0.533 e. The van der Waals surface area contributed by atoms with Crippen molar-refractivity contribution >= 4 is 83.1 Å². The summed E-state index contributed by atoms with van der Waals surface area (Å²) in [5, 5.41) is 0. The summed E-state index contributed by atoms with van der Waals surface area (Å²) in [5.41, 5.74) is 0. The fourth-order valence-electron chi connectivity index (χ4n) is 1.59. The molecular weight excluding hydrogens is 533 g/mol. The fraction of sp³-hybridized carbons (Fsp3) is 1.00. The Balaban J connectivity index is 4.93. The third-order valence-electron chi connectivity index (χ3n) is 2.79. The second kappa shape index (κ2) is 11.5. The van der Waals surface area contributed by atoms with E-state index >= 15 is 0 Å². The van der Waals surface area contributed by atoms with Crippen LogP contribution in [0.1, 0.15) is 0 Å². The largest absolute Gasteiger partial charge is 0.560 e. The van der Waals surface area contributed by atoms with Crippen molar-refractivity contribution in [2.24, 2.45) is 0 Å². The van der Waals surface area contributed by atoms with Crippen LogP contribution >= 0.6 is 0 Å². The summed E-state index contributed by atoms with van der Waals surface area (Å²) in [5.74, 6) is 0. The van der Waals surface area contributed by atoms with Crippen molar-refractivity contribution < 1.29 is 38.8 Å². The van der Waals surface area contributed by atoms with E-state index < -0.39 is 73.1 Å². The number of hydrogen-bond donors (Lipinski definition) is 0. The lowest BCUT2D eigenvalue weighted by Gasteiger charge is -2.22. The molecule has 9 nitrogen and oxygen atoms in total. The monoisotopic (exact) mass is 560 g/mol. The Bertz CT molecular complexity index is 652. The highest BCUT2D eigenvalue weighted by atomic mass is 29.9. The summed E-state index contributed by atoms with van der Waals surface area (Å²) >= 11 is 0. The molecule has 0 saturated carbocycles. The van der Waals surface area contributed by atoms with Crippen LogP contribution in [0.5, 0.6) is 0 Å². The molecule has 0 fully saturated rings. The predicted octanol–water partition coefficient (Wildman–Crippen LogP) is 0.311. The lowest BCUT2D eigenvalue weighted by atomic mass is 11.8. The van der Waals surface area contributed by atoms with Gasteiger partial charge in [-0.2, -0.15) is 0 Å². The predicted molar refractivity (Wildman–Crippen MR) is 119 cm³/mol. The third kappa shape index (κ3) is 11.3. The van der Waals surface area contributed by atoms with Gasteiger partial charge in [0.2, 0.25) is 7.83 Å². The minimum absolute atomic E-state index is 0.327. The molecule has 0 aliphatic rings. The highest BCUT2D eigenvalue weighted by molar-refractivity contribution is 7.68. The van der Waals surface area contributed by atoms with Crippen molar-refractivity contribution in [1.29, 1.82) is 0 Å². The smallest absolute Gasteiger partial charge is 0.533 e. The fourth-order valence-corrected chi connectivity index (χ4v) is 62.0. The van der Waals surface area contributed by atoms with E-state index in [1.54, 1.807) is 19.6 Å². The molecule has 1 unspecified atom stereocenters. The van der Waals surface area contributed by atoms with E-state index in [0.29, 0.717) is 0 Å². The third-order valence-corrected chi connectivity index (χ3v) is 53.3. The average molecular weight is 561 g/mol. The molecule has 0 spiro atoms. The SMILES string of the molecule is C[SiH](O[Si](=O)[Si](=O)[Si](=O)[Si](=O)[Si](=O)[Si](C)(C)O[Si]O[Si](C)(C)C)O[Si](C)(C)C. The molecular formula is C9H28O9Si10. The Morgan fingerprint density at radius 2 is 1.21 bits per heavy atom. The Labute approximate surface area is 180 Å². The topological polar surface area (TPSA) is 122 Å². The van der Waals surface area contributed by atoms with Crippen molar-refractivity contribution in [3.63, 3.8) is 0 Å². The van der Waals surface area contributed by atoms with Gasteiger partial charge in [-0.05, 0) is 58.9 Å². The van der Waals surface area contributed by atoms with Gasteiger partial charge in [0.05, 0.1) is 0 Å². The molecule has 0 saturated heterocycles. The van der Waals surface area contributed by atoms with Gasteiger partial charge in [-0.1, -0.05) is 0 Å². The molecule has 0 heterocycles. The molecule has 0 rings (SSSR count). The lowest BCUT2D eigenvalue weighted by molar-refractivity contribution is 0.403. The molecule has 158 valence electrons. The molecule has 0 aromatic carbocycles. The van der Waals surface area contributed by atoms with Gasteiger partial charge in [-0.25, -0.2) is 0 Å². The first-order chi connectivity index (χ1) is 12.4. The van der Waals surface area contributed by atoms with Gasteiger partial charge in [0, 0.05) is 0 Å². The molecule has 0 aromatic rings. The molecule has 0 aliphatic heterocycles. The first-order valence-electron chi connectivity index (χ1n) is 8.54. The van der Waals surface area contributed by atoms with Gasteiger partial charge in [0.25, 0.3) is 0 Å². The molecule has 0 aliphatic carbocycles. The van der Waals surface area contributed by atoms with E-state index in [1.807, 2.05) is 39.3 Å². The summed E-state index contributed by atoms with van der Waals surface area (Å²) in [4.78, 5) is 0. The van der Waals surface area contributed by atoms with Crippen molar-refractivity contribution in [3.8, 4) is 0 Å². The second-order valence-corrected chi connectivity index (χ2v) is 49.7. The first kappa shape index (κ1) is 28.8. The van der Waals surface area contributed by atoms with E-state index in [0.717, 1.165) is 0 Å². The standard InChI is InChI=1S/C9H28O9Si10/c1-20(18-27(5,6)7)17-21(10)22(11)23(12)24(13)25(14)28(8,9)16-19-15-26(2,3)4/h20H,1-9H3. The van der Waals surface area contributed by atoms with Crippen LogP contribution in [0.25, 0.3) is 0 Å². The molecule has 1 atom stereocenters. The molecule has 28 heavy (non-hydrogen) atoms. The Kier molecular flexibility index (Phi) is 11.8. The van der Waals surface area contributed by atoms with Crippen molar-refractivity contribution in [2.75, 3.05) is 0 Å². The summed E-state index contributed by atoms with van der Waals surface area (Å²) in [6.07, 6.45) is 0. The van der Waals surface area contributed by atoms with Gasteiger partial charge in [-0.15, -0.1) is 0 Å².